The Kier molecular flexibility index (Phi) is 7.16. The number of urea groups is 1. The van der Waals surface area contributed by atoms with Crippen molar-refractivity contribution in [2.75, 3.05) is 10.6 Å². The molecule has 2 amide bonds. The molecule has 0 radical (unpaired) electrons. The molecule has 34 heavy (non-hydrogen) atoms. The van der Waals surface area contributed by atoms with E-state index in [2.05, 4.69) is 15.6 Å². The van der Waals surface area contributed by atoms with E-state index in [1.165, 1.54) is 0 Å². The number of carboxylic acid groups (broad SMARTS) is 1. The maximum Gasteiger partial charge on any atom is 0.323 e. The smallest absolute Gasteiger partial charge is 0.323 e. The minimum absolute atomic E-state index is 0.209. The van der Waals surface area contributed by atoms with Gasteiger partial charge in [0.05, 0.1) is 9.88 Å². The van der Waals surface area contributed by atoms with Crippen LogP contribution in [0.5, 0.6) is 0 Å². The van der Waals surface area contributed by atoms with E-state index in [0.29, 0.717) is 23.7 Å². The number of hydrogen-bond donors (Lipinski definition) is 3. The number of nitrogens with zero attached hydrogens (tertiary/aromatic N) is 1. The predicted molar refractivity (Wildman–Crippen MR) is 123 cm³/mol. The van der Waals surface area contributed by atoms with Crippen LogP contribution in [0.2, 0.25) is 0 Å². The van der Waals surface area contributed by atoms with E-state index in [-0.39, 0.29) is 18.0 Å². The number of rotatable bonds is 6. The first-order valence-electron chi connectivity index (χ1n) is 10.8. The van der Waals surface area contributed by atoms with Crippen LogP contribution in [0, 0.1) is 23.4 Å². The first-order chi connectivity index (χ1) is 16.3. The second-order valence-corrected chi connectivity index (χ2v) is 9.35. The maximum atomic E-state index is 13.3. The lowest BCUT2D eigenvalue weighted by atomic mass is 9.81. The number of nitrogens with one attached hydrogen (secondary N) is 2. The average Bonchev–Trinajstić information content (AvgIpc) is 3.28. The number of carbonyl (C=O) groups is 2. The Morgan fingerprint density at radius 3 is 2.21 bits per heavy atom. The highest BCUT2D eigenvalue weighted by Gasteiger charge is 2.26. The summed E-state index contributed by atoms with van der Waals surface area (Å²) >= 11 is 1.60. The summed E-state index contributed by atoms with van der Waals surface area (Å²) in [5.74, 6) is -4.54. The van der Waals surface area contributed by atoms with Crippen LogP contribution in [0.4, 0.5) is 29.3 Å². The van der Waals surface area contributed by atoms with Crippen LogP contribution in [0.3, 0.4) is 0 Å². The molecule has 1 aliphatic rings. The summed E-state index contributed by atoms with van der Waals surface area (Å²) in [6, 6.07) is 7.70. The number of amides is 2. The van der Waals surface area contributed by atoms with Crippen molar-refractivity contribution >= 4 is 34.7 Å². The van der Waals surface area contributed by atoms with Gasteiger partial charge in [-0.3, -0.25) is 4.79 Å². The number of carboxylic acids is 1. The zero-order valence-electron chi connectivity index (χ0n) is 18.0. The van der Waals surface area contributed by atoms with Crippen molar-refractivity contribution in [1.82, 2.24) is 4.98 Å². The molecule has 6 nitrogen and oxygen atoms in total. The summed E-state index contributed by atoms with van der Waals surface area (Å²) < 4.78 is 39.6. The highest BCUT2D eigenvalue weighted by atomic mass is 32.1. The molecule has 0 unspecified atom stereocenters. The Morgan fingerprint density at radius 2 is 1.59 bits per heavy atom. The quantitative estimate of drug-likeness (QED) is 0.339. The molecule has 1 fully saturated rings. The third kappa shape index (κ3) is 5.74. The van der Waals surface area contributed by atoms with Crippen molar-refractivity contribution in [3.8, 4) is 10.4 Å². The Morgan fingerprint density at radius 1 is 0.971 bits per heavy atom. The van der Waals surface area contributed by atoms with Crippen LogP contribution in [0.1, 0.15) is 43.0 Å². The molecule has 0 atom stereocenters. The van der Waals surface area contributed by atoms with Gasteiger partial charge in [-0.15, -0.1) is 11.3 Å². The number of hydrogen-bond acceptors (Lipinski definition) is 4. The number of aromatic nitrogens is 1. The number of benzene rings is 2. The van der Waals surface area contributed by atoms with Gasteiger partial charge in [-0.2, -0.15) is 0 Å². The highest BCUT2D eigenvalue weighted by Crippen LogP contribution is 2.40. The topological polar surface area (TPSA) is 91.3 Å². The van der Waals surface area contributed by atoms with E-state index in [4.69, 9.17) is 5.11 Å². The number of aliphatic carboxylic acids is 1. The molecule has 10 heteroatoms. The fourth-order valence-electron chi connectivity index (χ4n) is 4.11. The third-order valence-electron chi connectivity index (χ3n) is 5.85. The summed E-state index contributed by atoms with van der Waals surface area (Å²) in [5, 5.41) is 14.8. The third-order valence-corrected chi connectivity index (χ3v) is 7.06. The van der Waals surface area contributed by atoms with E-state index < -0.39 is 29.5 Å². The van der Waals surface area contributed by atoms with Crippen molar-refractivity contribution < 1.29 is 27.9 Å². The molecule has 1 aromatic heterocycles. The van der Waals surface area contributed by atoms with Crippen LogP contribution < -0.4 is 10.6 Å². The summed E-state index contributed by atoms with van der Waals surface area (Å²) in [6.07, 6.45) is 5.70. The van der Waals surface area contributed by atoms with E-state index in [0.717, 1.165) is 41.1 Å². The van der Waals surface area contributed by atoms with Gasteiger partial charge in [-0.05, 0) is 49.3 Å². The fraction of sp³-hybridized carbons (Fsp3) is 0.292. The van der Waals surface area contributed by atoms with Crippen LogP contribution in [-0.2, 0) is 4.79 Å². The van der Waals surface area contributed by atoms with Gasteiger partial charge < -0.3 is 15.7 Å². The van der Waals surface area contributed by atoms with E-state index >= 15 is 0 Å². The second kappa shape index (κ2) is 10.3. The van der Waals surface area contributed by atoms with Gasteiger partial charge in [-0.1, -0.05) is 12.1 Å². The molecule has 3 aromatic rings. The molecule has 0 aliphatic heterocycles. The van der Waals surface area contributed by atoms with Gasteiger partial charge >= 0.3 is 12.0 Å². The zero-order valence-corrected chi connectivity index (χ0v) is 18.8. The summed E-state index contributed by atoms with van der Waals surface area (Å²) in [5.41, 5.74) is 1.18. The number of carbonyl (C=O) groups excluding carboxylic acids is 1. The van der Waals surface area contributed by atoms with Gasteiger partial charge in [0.2, 0.25) is 0 Å². The lowest BCUT2D eigenvalue weighted by molar-refractivity contribution is -0.138. The maximum absolute atomic E-state index is 13.3. The van der Waals surface area contributed by atoms with Gasteiger partial charge in [-0.25, -0.2) is 22.9 Å². The average molecular weight is 490 g/mol. The van der Waals surface area contributed by atoms with Crippen molar-refractivity contribution in [3.63, 3.8) is 0 Å². The molecule has 1 heterocycles. The zero-order chi connectivity index (χ0) is 24.2. The Labute approximate surface area is 197 Å². The molecule has 4 rings (SSSR count). The monoisotopic (exact) mass is 489 g/mol. The Hall–Kier alpha value is -3.40. The molecular formula is C24H22F3N3O3S. The number of halogens is 3. The van der Waals surface area contributed by atoms with Gasteiger partial charge in [0.15, 0.2) is 17.5 Å². The van der Waals surface area contributed by atoms with E-state index in [9.17, 15) is 22.8 Å². The van der Waals surface area contributed by atoms with Crippen molar-refractivity contribution in [2.45, 2.75) is 38.0 Å². The summed E-state index contributed by atoms with van der Waals surface area (Å²) in [7, 11) is 0. The second-order valence-electron chi connectivity index (χ2n) is 8.29. The van der Waals surface area contributed by atoms with Crippen molar-refractivity contribution in [3.05, 3.63) is 65.1 Å². The molecular weight excluding hydrogens is 467 g/mol. The summed E-state index contributed by atoms with van der Waals surface area (Å²) in [4.78, 5) is 28.6. The van der Waals surface area contributed by atoms with Crippen molar-refractivity contribution in [2.24, 2.45) is 5.92 Å². The Balaban J connectivity index is 1.34. The highest BCUT2D eigenvalue weighted by molar-refractivity contribution is 7.15. The fourth-order valence-corrected chi connectivity index (χ4v) is 5.20. The number of thiazole rings is 1. The van der Waals surface area contributed by atoms with Crippen LogP contribution >= 0.6 is 11.3 Å². The van der Waals surface area contributed by atoms with Gasteiger partial charge in [0.1, 0.15) is 0 Å². The van der Waals surface area contributed by atoms with Crippen molar-refractivity contribution in [1.29, 1.82) is 0 Å². The number of anilines is 2. The SMILES string of the molecule is O=C(O)CC1CCC(c2ncc(-c3ccc(NC(=O)Nc4cc(F)c(F)c(F)c4)cc3)s2)CC1. The van der Waals surface area contributed by atoms with Crippen LogP contribution in [-0.4, -0.2) is 22.1 Å². The minimum Gasteiger partial charge on any atom is -0.481 e. The van der Waals surface area contributed by atoms with E-state index in [1.807, 2.05) is 18.3 Å². The minimum atomic E-state index is -1.60. The lowest BCUT2D eigenvalue weighted by Crippen LogP contribution is -2.19. The Bertz CT molecular complexity index is 1170. The molecule has 1 saturated carbocycles. The lowest BCUT2D eigenvalue weighted by Gasteiger charge is -2.26. The normalized spacial score (nSPS) is 17.9. The predicted octanol–water partition coefficient (Wildman–Crippen LogP) is 6.62. The molecule has 2 aromatic carbocycles. The molecule has 0 saturated heterocycles. The summed E-state index contributed by atoms with van der Waals surface area (Å²) in [6.45, 7) is 0. The van der Waals surface area contributed by atoms with Gasteiger partial charge in [0.25, 0.3) is 0 Å². The molecule has 0 bridgehead atoms. The molecule has 3 N–H and O–H groups in total. The standard InChI is InChI=1S/C24H22F3N3O3S/c25-18-10-17(11-19(26)22(18)27)30-24(33)29-16-7-5-14(6-8-16)20-12-28-23(34-20)15-3-1-13(2-4-15)9-21(31)32/h5-8,10-13,15H,1-4,9H2,(H,31,32)(H2,29,30,33). The first-order valence-corrected chi connectivity index (χ1v) is 11.6. The van der Waals surface area contributed by atoms with Gasteiger partial charge in [0, 0.05) is 42.0 Å². The molecule has 178 valence electrons. The van der Waals surface area contributed by atoms with Crippen LogP contribution in [0.15, 0.2) is 42.6 Å². The molecule has 0 spiro atoms. The molecule has 1 aliphatic carbocycles. The first kappa shape index (κ1) is 23.7. The van der Waals surface area contributed by atoms with E-state index in [1.54, 1.807) is 23.5 Å². The largest absolute Gasteiger partial charge is 0.481 e. The van der Waals surface area contributed by atoms with Crippen LogP contribution in [0.25, 0.3) is 10.4 Å².